The molecule has 1 aromatic carbocycles. The summed E-state index contributed by atoms with van der Waals surface area (Å²) in [6.45, 7) is 3.79. The Kier molecular flexibility index (Phi) is 4.97. The van der Waals surface area contributed by atoms with E-state index in [4.69, 9.17) is 9.26 Å². The molecule has 1 unspecified atom stereocenters. The highest BCUT2D eigenvalue weighted by Gasteiger charge is 2.26. The molecular weight excluding hydrogens is 362 g/mol. The molecule has 1 aliphatic heterocycles. The number of morpholine rings is 1. The maximum Gasteiger partial charge on any atom is 0.317 e. The van der Waals surface area contributed by atoms with Crippen molar-refractivity contribution >= 4 is 22.0 Å². The van der Waals surface area contributed by atoms with Gasteiger partial charge in [0.1, 0.15) is 17.6 Å². The summed E-state index contributed by atoms with van der Waals surface area (Å²) in [5, 5.41) is 6.73. The maximum absolute atomic E-state index is 12.3. The molecule has 7 heteroatoms. The minimum atomic E-state index is -0.126. The van der Waals surface area contributed by atoms with Gasteiger partial charge < -0.3 is 19.5 Å². The van der Waals surface area contributed by atoms with Crippen molar-refractivity contribution < 1.29 is 14.1 Å². The number of ether oxygens (including phenoxy) is 1. The molecule has 1 fully saturated rings. The van der Waals surface area contributed by atoms with Gasteiger partial charge in [-0.2, -0.15) is 0 Å². The van der Waals surface area contributed by atoms with Gasteiger partial charge in [0.2, 0.25) is 0 Å². The Balaban J connectivity index is 1.59. The van der Waals surface area contributed by atoms with Crippen LogP contribution in [0.2, 0.25) is 0 Å². The van der Waals surface area contributed by atoms with Crippen LogP contribution in [0.5, 0.6) is 0 Å². The van der Waals surface area contributed by atoms with Crippen LogP contribution in [-0.4, -0.2) is 35.8 Å². The molecule has 122 valence electrons. The number of aryl methyl sites for hydroxylation is 1. The zero-order chi connectivity index (χ0) is 16.2. The number of rotatable bonds is 3. The zero-order valence-corrected chi connectivity index (χ0v) is 14.4. The third-order valence-corrected chi connectivity index (χ3v) is 4.43. The van der Waals surface area contributed by atoms with Crippen LogP contribution in [0.4, 0.5) is 4.79 Å². The summed E-state index contributed by atoms with van der Waals surface area (Å²) in [6, 6.07) is 9.60. The summed E-state index contributed by atoms with van der Waals surface area (Å²) >= 11 is 3.53. The third-order valence-electron chi connectivity index (χ3n) is 3.70. The lowest BCUT2D eigenvalue weighted by atomic mass is 10.1. The molecule has 1 aromatic heterocycles. The van der Waals surface area contributed by atoms with E-state index < -0.39 is 0 Å². The Labute approximate surface area is 142 Å². The number of halogens is 1. The normalized spacial score (nSPS) is 18.0. The summed E-state index contributed by atoms with van der Waals surface area (Å²) in [7, 11) is 0. The number of hydrogen-bond acceptors (Lipinski definition) is 4. The largest absolute Gasteiger partial charge is 0.370 e. The van der Waals surface area contributed by atoms with E-state index in [0.29, 0.717) is 31.9 Å². The van der Waals surface area contributed by atoms with Crippen molar-refractivity contribution in [3.8, 4) is 0 Å². The van der Waals surface area contributed by atoms with Gasteiger partial charge in [-0.25, -0.2) is 4.79 Å². The van der Waals surface area contributed by atoms with Gasteiger partial charge in [-0.15, -0.1) is 0 Å². The number of hydrogen-bond donors (Lipinski definition) is 1. The van der Waals surface area contributed by atoms with Gasteiger partial charge >= 0.3 is 6.03 Å². The lowest BCUT2D eigenvalue weighted by molar-refractivity contribution is -0.0158. The standard InChI is InChI=1S/C16H18BrN3O3/c1-11-8-12(19-23-11)9-18-16(21)20-6-7-22-15(10-20)13-4-2-3-5-14(13)17/h2-5,8,15H,6-7,9-10H2,1H3,(H,18,21). The molecular formula is C16H18BrN3O3. The monoisotopic (exact) mass is 379 g/mol. The Bertz CT molecular complexity index is 689. The van der Waals surface area contributed by atoms with Crippen molar-refractivity contribution in [2.24, 2.45) is 0 Å². The summed E-state index contributed by atoms with van der Waals surface area (Å²) in [5.41, 5.74) is 1.77. The van der Waals surface area contributed by atoms with E-state index in [-0.39, 0.29) is 12.1 Å². The van der Waals surface area contributed by atoms with Gasteiger partial charge in [-0.3, -0.25) is 0 Å². The molecule has 23 heavy (non-hydrogen) atoms. The van der Waals surface area contributed by atoms with E-state index in [9.17, 15) is 4.79 Å². The van der Waals surface area contributed by atoms with Crippen LogP contribution in [0.25, 0.3) is 0 Å². The second-order valence-corrected chi connectivity index (χ2v) is 6.27. The average Bonchev–Trinajstić information content (AvgIpc) is 2.98. The van der Waals surface area contributed by atoms with E-state index in [1.54, 1.807) is 4.90 Å². The molecule has 1 saturated heterocycles. The van der Waals surface area contributed by atoms with Crippen LogP contribution < -0.4 is 5.32 Å². The molecule has 0 spiro atoms. The summed E-state index contributed by atoms with van der Waals surface area (Å²) in [4.78, 5) is 14.1. The average molecular weight is 380 g/mol. The fourth-order valence-corrected chi connectivity index (χ4v) is 3.08. The first-order valence-electron chi connectivity index (χ1n) is 7.44. The van der Waals surface area contributed by atoms with Crippen LogP contribution in [0.15, 0.2) is 39.3 Å². The zero-order valence-electron chi connectivity index (χ0n) is 12.8. The molecule has 0 radical (unpaired) electrons. The highest BCUT2D eigenvalue weighted by atomic mass is 79.9. The number of benzene rings is 1. The molecule has 2 heterocycles. The van der Waals surface area contributed by atoms with Crippen molar-refractivity contribution in [3.63, 3.8) is 0 Å². The molecule has 1 atom stereocenters. The molecule has 0 saturated carbocycles. The number of nitrogens with one attached hydrogen (secondary N) is 1. The van der Waals surface area contributed by atoms with E-state index >= 15 is 0 Å². The summed E-state index contributed by atoms with van der Waals surface area (Å²) in [6.07, 6.45) is -0.126. The van der Waals surface area contributed by atoms with Gasteiger partial charge in [0.25, 0.3) is 0 Å². The summed E-state index contributed by atoms with van der Waals surface area (Å²) < 4.78 is 11.8. The Hall–Kier alpha value is -1.86. The summed E-state index contributed by atoms with van der Waals surface area (Å²) in [5.74, 6) is 0.731. The predicted octanol–water partition coefficient (Wildman–Crippen LogP) is 3.03. The third kappa shape index (κ3) is 3.92. The molecule has 6 nitrogen and oxygen atoms in total. The Morgan fingerprint density at radius 3 is 3.04 bits per heavy atom. The molecule has 0 aliphatic carbocycles. The first kappa shape index (κ1) is 16.0. The molecule has 3 rings (SSSR count). The molecule has 1 N–H and O–H groups in total. The Morgan fingerprint density at radius 2 is 2.30 bits per heavy atom. The first-order valence-corrected chi connectivity index (χ1v) is 8.24. The van der Waals surface area contributed by atoms with Crippen molar-refractivity contribution in [1.29, 1.82) is 0 Å². The van der Waals surface area contributed by atoms with Crippen molar-refractivity contribution in [1.82, 2.24) is 15.4 Å². The van der Waals surface area contributed by atoms with Gasteiger partial charge in [-0.1, -0.05) is 39.3 Å². The second-order valence-electron chi connectivity index (χ2n) is 5.41. The number of amides is 2. The van der Waals surface area contributed by atoms with E-state index in [2.05, 4.69) is 26.4 Å². The van der Waals surface area contributed by atoms with Crippen LogP contribution >= 0.6 is 15.9 Å². The fraction of sp³-hybridized carbons (Fsp3) is 0.375. The molecule has 1 aliphatic rings. The van der Waals surface area contributed by atoms with Gasteiger partial charge in [0.05, 0.1) is 19.7 Å². The smallest absolute Gasteiger partial charge is 0.317 e. The fourth-order valence-electron chi connectivity index (χ4n) is 2.54. The van der Waals surface area contributed by atoms with E-state index in [1.165, 1.54) is 0 Å². The van der Waals surface area contributed by atoms with Crippen molar-refractivity contribution in [3.05, 3.63) is 51.8 Å². The minimum absolute atomic E-state index is 0.119. The van der Waals surface area contributed by atoms with Gasteiger partial charge in [-0.05, 0) is 18.6 Å². The van der Waals surface area contributed by atoms with Gasteiger partial charge in [0, 0.05) is 17.1 Å². The lowest BCUT2D eigenvalue weighted by Gasteiger charge is -2.33. The lowest BCUT2D eigenvalue weighted by Crippen LogP contribution is -2.47. The van der Waals surface area contributed by atoms with Crippen LogP contribution in [-0.2, 0) is 11.3 Å². The SMILES string of the molecule is Cc1cc(CNC(=O)N2CCOC(c3ccccc3Br)C2)no1. The van der Waals surface area contributed by atoms with Crippen LogP contribution in [0.1, 0.15) is 23.1 Å². The Morgan fingerprint density at radius 1 is 1.48 bits per heavy atom. The highest BCUT2D eigenvalue weighted by molar-refractivity contribution is 9.10. The molecule has 0 bridgehead atoms. The predicted molar refractivity (Wildman–Crippen MR) is 87.9 cm³/mol. The number of urea groups is 1. The number of carbonyl (C=O) groups is 1. The van der Waals surface area contributed by atoms with Crippen molar-refractivity contribution in [2.45, 2.75) is 19.6 Å². The van der Waals surface area contributed by atoms with Crippen LogP contribution in [0, 0.1) is 6.92 Å². The number of nitrogens with zero attached hydrogens (tertiary/aromatic N) is 2. The van der Waals surface area contributed by atoms with E-state index in [0.717, 1.165) is 15.8 Å². The highest BCUT2D eigenvalue weighted by Crippen LogP contribution is 2.28. The number of aromatic nitrogens is 1. The van der Waals surface area contributed by atoms with Crippen molar-refractivity contribution in [2.75, 3.05) is 19.7 Å². The number of carbonyl (C=O) groups excluding carboxylic acids is 1. The van der Waals surface area contributed by atoms with E-state index in [1.807, 2.05) is 37.3 Å². The molecule has 2 amide bonds. The second kappa shape index (κ2) is 7.14. The maximum atomic E-state index is 12.3. The quantitative estimate of drug-likeness (QED) is 0.889. The minimum Gasteiger partial charge on any atom is -0.370 e. The van der Waals surface area contributed by atoms with Crippen LogP contribution in [0.3, 0.4) is 0 Å². The molecule has 2 aromatic rings. The first-order chi connectivity index (χ1) is 11.1. The topological polar surface area (TPSA) is 67.6 Å². The van der Waals surface area contributed by atoms with Gasteiger partial charge in [0.15, 0.2) is 0 Å².